The average Bonchev–Trinajstić information content (AvgIpc) is 3.09. The monoisotopic (exact) mass is 368 g/mol. The number of anilines is 1. The van der Waals surface area contributed by atoms with Crippen LogP contribution in [0.4, 0.5) is 5.69 Å². The van der Waals surface area contributed by atoms with Crippen LogP contribution >= 0.6 is 0 Å². The highest BCUT2D eigenvalue weighted by Gasteiger charge is 2.63. The number of nitrogens with one attached hydrogen (secondary N) is 1. The summed E-state index contributed by atoms with van der Waals surface area (Å²) < 4.78 is 5.57. The van der Waals surface area contributed by atoms with Gasteiger partial charge in [0.15, 0.2) is 6.10 Å². The largest absolute Gasteiger partial charge is 0.451 e. The molecular weight excluding hydrogens is 340 g/mol. The number of carbonyl (C=O) groups is 2. The van der Waals surface area contributed by atoms with Gasteiger partial charge in [-0.25, -0.2) is 4.79 Å². The molecule has 2 saturated heterocycles. The standard InChI is InChI=1S/C22H28N2O3/c1-13(2)9-10-22-12-17-20(26)27-18(11-14(3)4)19(25)24(17)21(22)23-16-8-6-5-7-15(16)22/h5-9,14,17-18,21,23H,10-12H2,1-4H3/t17-,18+,21+,22+/m0/s1. The number of carbonyl (C=O) groups excluding carboxylic acids is 2. The second kappa shape index (κ2) is 6.39. The van der Waals surface area contributed by atoms with Crippen LogP contribution in [-0.2, 0) is 19.7 Å². The van der Waals surface area contributed by atoms with Gasteiger partial charge in [0.25, 0.3) is 5.91 Å². The van der Waals surface area contributed by atoms with Crippen LogP contribution < -0.4 is 5.32 Å². The minimum atomic E-state index is -0.668. The SMILES string of the molecule is CC(C)=CC[C@]12C[C@H]3C(=O)O[C@H](CC(C)C)C(=O)N3[C@H]1Nc1ccccc12. The molecule has 3 aliphatic rings. The lowest BCUT2D eigenvalue weighted by molar-refractivity contribution is -0.178. The number of hydrogen-bond donors (Lipinski definition) is 1. The molecule has 4 rings (SSSR count). The number of benzene rings is 1. The topological polar surface area (TPSA) is 58.6 Å². The Labute approximate surface area is 160 Å². The fraction of sp³-hybridized carbons (Fsp3) is 0.545. The van der Waals surface area contributed by atoms with Gasteiger partial charge in [0.05, 0.1) is 0 Å². The van der Waals surface area contributed by atoms with Gasteiger partial charge in [-0.05, 0) is 50.7 Å². The van der Waals surface area contributed by atoms with Crippen molar-refractivity contribution in [1.82, 2.24) is 4.90 Å². The number of ether oxygens (including phenoxy) is 1. The lowest BCUT2D eigenvalue weighted by Gasteiger charge is -2.38. The molecule has 2 fully saturated rings. The van der Waals surface area contributed by atoms with Crippen LogP contribution in [0.15, 0.2) is 35.9 Å². The van der Waals surface area contributed by atoms with Gasteiger partial charge in [-0.2, -0.15) is 0 Å². The molecule has 3 heterocycles. The highest BCUT2D eigenvalue weighted by molar-refractivity contribution is 5.94. The Hall–Kier alpha value is -2.30. The predicted molar refractivity (Wildman–Crippen MR) is 104 cm³/mol. The molecule has 1 aromatic carbocycles. The van der Waals surface area contributed by atoms with E-state index >= 15 is 0 Å². The molecule has 5 nitrogen and oxygen atoms in total. The highest BCUT2D eigenvalue weighted by atomic mass is 16.6. The molecule has 3 aliphatic heterocycles. The third-order valence-corrected chi connectivity index (χ3v) is 6.07. The number of fused-ring (bicyclic) bond motifs is 5. The number of hydrogen-bond acceptors (Lipinski definition) is 4. The van der Waals surface area contributed by atoms with Crippen molar-refractivity contribution in [1.29, 1.82) is 0 Å². The van der Waals surface area contributed by atoms with E-state index in [4.69, 9.17) is 4.74 Å². The summed E-state index contributed by atoms with van der Waals surface area (Å²) in [7, 11) is 0. The molecule has 1 aromatic rings. The number of nitrogens with zero attached hydrogens (tertiary/aromatic N) is 1. The van der Waals surface area contributed by atoms with Crippen molar-refractivity contribution in [3.8, 4) is 0 Å². The maximum atomic E-state index is 13.3. The van der Waals surface area contributed by atoms with Crippen molar-refractivity contribution in [2.24, 2.45) is 5.92 Å². The Morgan fingerprint density at radius 3 is 2.78 bits per heavy atom. The van der Waals surface area contributed by atoms with Gasteiger partial charge < -0.3 is 15.0 Å². The quantitative estimate of drug-likeness (QED) is 0.652. The lowest BCUT2D eigenvalue weighted by atomic mass is 9.75. The number of esters is 1. The number of para-hydroxylation sites is 1. The van der Waals surface area contributed by atoms with Crippen LogP contribution in [0.1, 0.15) is 52.5 Å². The maximum Gasteiger partial charge on any atom is 0.329 e. The van der Waals surface area contributed by atoms with Gasteiger partial charge in [0, 0.05) is 11.1 Å². The molecule has 0 spiro atoms. The summed E-state index contributed by atoms with van der Waals surface area (Å²) in [5, 5.41) is 3.55. The van der Waals surface area contributed by atoms with Gasteiger partial charge in [0.2, 0.25) is 0 Å². The van der Waals surface area contributed by atoms with E-state index in [1.807, 2.05) is 26.0 Å². The summed E-state index contributed by atoms with van der Waals surface area (Å²) in [5.74, 6) is -0.0294. The Balaban J connectivity index is 1.76. The first-order valence-corrected chi connectivity index (χ1v) is 9.85. The van der Waals surface area contributed by atoms with Crippen molar-refractivity contribution >= 4 is 17.6 Å². The van der Waals surface area contributed by atoms with Gasteiger partial charge in [0.1, 0.15) is 12.2 Å². The van der Waals surface area contributed by atoms with Crippen LogP contribution in [0.3, 0.4) is 0 Å². The van der Waals surface area contributed by atoms with E-state index in [-0.39, 0.29) is 29.4 Å². The summed E-state index contributed by atoms with van der Waals surface area (Å²) in [6.07, 6.45) is 3.31. The molecule has 0 aromatic heterocycles. The summed E-state index contributed by atoms with van der Waals surface area (Å²) in [4.78, 5) is 27.8. The molecular formula is C22H28N2O3. The van der Waals surface area contributed by atoms with Gasteiger partial charge in [-0.3, -0.25) is 4.79 Å². The van der Waals surface area contributed by atoms with E-state index in [2.05, 4.69) is 37.4 Å². The van der Waals surface area contributed by atoms with E-state index in [1.54, 1.807) is 4.90 Å². The predicted octanol–water partition coefficient (Wildman–Crippen LogP) is 3.60. The third kappa shape index (κ3) is 2.75. The van der Waals surface area contributed by atoms with E-state index in [0.29, 0.717) is 12.8 Å². The van der Waals surface area contributed by atoms with Crippen LogP contribution in [0.5, 0.6) is 0 Å². The van der Waals surface area contributed by atoms with Crippen LogP contribution in [0.25, 0.3) is 0 Å². The summed E-state index contributed by atoms with van der Waals surface area (Å²) in [6.45, 7) is 8.25. The average molecular weight is 368 g/mol. The fourth-order valence-corrected chi connectivity index (χ4v) is 4.84. The molecule has 144 valence electrons. The van der Waals surface area contributed by atoms with Gasteiger partial charge >= 0.3 is 5.97 Å². The van der Waals surface area contributed by atoms with Crippen molar-refractivity contribution in [2.75, 3.05) is 5.32 Å². The Bertz CT molecular complexity index is 812. The zero-order chi connectivity index (χ0) is 19.3. The van der Waals surface area contributed by atoms with Crippen molar-refractivity contribution < 1.29 is 14.3 Å². The normalized spacial score (nSPS) is 31.1. The molecule has 0 bridgehead atoms. The van der Waals surface area contributed by atoms with Crippen molar-refractivity contribution in [3.63, 3.8) is 0 Å². The molecule has 0 aliphatic carbocycles. The highest BCUT2D eigenvalue weighted by Crippen LogP contribution is 2.54. The second-order valence-electron chi connectivity index (χ2n) is 8.75. The molecule has 27 heavy (non-hydrogen) atoms. The number of amides is 1. The Morgan fingerprint density at radius 1 is 1.33 bits per heavy atom. The van der Waals surface area contributed by atoms with E-state index < -0.39 is 12.1 Å². The van der Waals surface area contributed by atoms with Crippen molar-refractivity contribution in [2.45, 2.75) is 70.7 Å². The van der Waals surface area contributed by atoms with Crippen LogP contribution in [-0.4, -0.2) is 35.1 Å². The number of cyclic esters (lactones) is 1. The number of allylic oxidation sites excluding steroid dienone is 2. The van der Waals surface area contributed by atoms with E-state index in [1.165, 1.54) is 11.1 Å². The van der Waals surface area contributed by atoms with Crippen LogP contribution in [0.2, 0.25) is 0 Å². The first-order valence-electron chi connectivity index (χ1n) is 9.85. The molecule has 4 atom stereocenters. The minimum absolute atomic E-state index is 0.0577. The van der Waals surface area contributed by atoms with Gasteiger partial charge in [-0.1, -0.05) is 43.7 Å². The minimum Gasteiger partial charge on any atom is -0.451 e. The smallest absolute Gasteiger partial charge is 0.329 e. The second-order valence-corrected chi connectivity index (χ2v) is 8.75. The lowest BCUT2D eigenvalue weighted by Crippen LogP contribution is -2.58. The zero-order valence-corrected chi connectivity index (χ0v) is 16.5. The summed E-state index contributed by atoms with van der Waals surface area (Å²) in [5.41, 5.74) is 3.21. The molecule has 1 amide bonds. The first-order chi connectivity index (χ1) is 12.8. The number of rotatable bonds is 4. The Morgan fingerprint density at radius 2 is 2.07 bits per heavy atom. The van der Waals surface area contributed by atoms with E-state index in [9.17, 15) is 9.59 Å². The zero-order valence-electron chi connectivity index (χ0n) is 16.5. The van der Waals surface area contributed by atoms with Crippen molar-refractivity contribution in [3.05, 3.63) is 41.5 Å². The molecule has 0 unspecified atom stereocenters. The summed E-state index contributed by atoms with van der Waals surface area (Å²) in [6, 6.07) is 7.73. The maximum absolute atomic E-state index is 13.3. The fourth-order valence-electron chi connectivity index (χ4n) is 4.84. The summed E-state index contributed by atoms with van der Waals surface area (Å²) >= 11 is 0. The van der Waals surface area contributed by atoms with Crippen LogP contribution in [0, 0.1) is 5.92 Å². The molecule has 5 heteroatoms. The molecule has 1 N–H and O–H groups in total. The molecule has 0 radical (unpaired) electrons. The molecule has 0 saturated carbocycles. The Kier molecular flexibility index (Phi) is 4.28. The first kappa shape index (κ1) is 18.1. The third-order valence-electron chi connectivity index (χ3n) is 6.07. The number of morpholine rings is 1. The van der Waals surface area contributed by atoms with Gasteiger partial charge in [-0.15, -0.1) is 0 Å². The van der Waals surface area contributed by atoms with E-state index in [0.717, 1.165) is 12.1 Å².